The quantitative estimate of drug-likeness (QED) is 0.814. The molecule has 0 spiro atoms. The third-order valence-electron chi connectivity index (χ3n) is 2.14. The zero-order chi connectivity index (χ0) is 12.1. The lowest BCUT2D eigenvalue weighted by Gasteiger charge is -2.10. The summed E-state index contributed by atoms with van der Waals surface area (Å²) in [5.41, 5.74) is 0.687. The molecule has 1 amide bonds. The van der Waals surface area contributed by atoms with Gasteiger partial charge in [0, 0.05) is 23.4 Å². The lowest BCUT2D eigenvalue weighted by molar-refractivity contribution is 0.0610. The summed E-state index contributed by atoms with van der Waals surface area (Å²) < 4.78 is 4.77. The van der Waals surface area contributed by atoms with Crippen molar-refractivity contribution in [3.8, 4) is 0 Å². The molecule has 0 aliphatic rings. The molecule has 0 radical (unpaired) electrons. The van der Waals surface area contributed by atoms with E-state index in [1.54, 1.807) is 11.3 Å². The van der Waals surface area contributed by atoms with Gasteiger partial charge in [-0.05, 0) is 19.9 Å². The van der Waals surface area contributed by atoms with Gasteiger partial charge in [0.1, 0.15) is 0 Å². The Morgan fingerprint density at radius 2 is 2.31 bits per heavy atom. The molecule has 90 valence electrons. The molecule has 0 saturated carbocycles. The van der Waals surface area contributed by atoms with Crippen LogP contribution in [-0.4, -0.2) is 37.4 Å². The van der Waals surface area contributed by atoms with Crippen molar-refractivity contribution in [1.29, 1.82) is 0 Å². The maximum atomic E-state index is 11.7. The second-order valence-electron chi connectivity index (χ2n) is 3.65. The molecule has 1 heterocycles. The standard InChI is InChI=1S/C11H17NO3S/c1-7-4-10(8(2)16-7)11(14)12-5-9(13)6-15-3/h4,9,13H,5-6H2,1-3H3,(H,12,14). The molecule has 0 bridgehead atoms. The SMILES string of the molecule is COCC(O)CNC(=O)c1cc(C)sc1C. The van der Waals surface area contributed by atoms with Crippen LogP contribution in [0.15, 0.2) is 6.07 Å². The molecule has 16 heavy (non-hydrogen) atoms. The zero-order valence-corrected chi connectivity index (χ0v) is 10.6. The minimum Gasteiger partial charge on any atom is -0.389 e. The van der Waals surface area contributed by atoms with Gasteiger partial charge in [-0.1, -0.05) is 0 Å². The molecule has 1 atom stereocenters. The highest BCUT2D eigenvalue weighted by atomic mass is 32.1. The monoisotopic (exact) mass is 243 g/mol. The molecular weight excluding hydrogens is 226 g/mol. The summed E-state index contributed by atoms with van der Waals surface area (Å²) >= 11 is 1.59. The number of carbonyl (C=O) groups is 1. The molecule has 1 aromatic heterocycles. The lowest BCUT2D eigenvalue weighted by atomic mass is 10.2. The molecule has 0 aliphatic carbocycles. The van der Waals surface area contributed by atoms with Crippen LogP contribution in [0.3, 0.4) is 0 Å². The van der Waals surface area contributed by atoms with Gasteiger partial charge in [0.05, 0.1) is 18.3 Å². The van der Waals surface area contributed by atoms with E-state index in [-0.39, 0.29) is 19.1 Å². The van der Waals surface area contributed by atoms with Gasteiger partial charge < -0.3 is 15.2 Å². The predicted molar refractivity (Wildman–Crippen MR) is 64.0 cm³/mol. The fourth-order valence-corrected chi connectivity index (χ4v) is 2.33. The Balaban J connectivity index is 2.50. The maximum Gasteiger partial charge on any atom is 0.252 e. The first-order chi connectivity index (χ1) is 7.54. The van der Waals surface area contributed by atoms with Crippen molar-refractivity contribution in [3.63, 3.8) is 0 Å². The minimum atomic E-state index is -0.658. The van der Waals surface area contributed by atoms with Crippen LogP contribution in [0.4, 0.5) is 0 Å². The first kappa shape index (κ1) is 13.2. The second kappa shape index (κ2) is 5.98. The Hall–Kier alpha value is -0.910. The van der Waals surface area contributed by atoms with Crippen molar-refractivity contribution in [1.82, 2.24) is 5.32 Å². The Kier molecular flexibility index (Phi) is 4.92. The average Bonchev–Trinajstić information content (AvgIpc) is 2.55. The van der Waals surface area contributed by atoms with Crippen LogP contribution in [0.1, 0.15) is 20.1 Å². The zero-order valence-electron chi connectivity index (χ0n) is 9.74. The molecule has 0 aliphatic heterocycles. The predicted octanol–water partition coefficient (Wildman–Crippen LogP) is 1.10. The number of thiophene rings is 1. The van der Waals surface area contributed by atoms with E-state index in [1.165, 1.54) is 7.11 Å². The van der Waals surface area contributed by atoms with Gasteiger partial charge in [-0.25, -0.2) is 0 Å². The number of aliphatic hydroxyl groups excluding tert-OH is 1. The fraction of sp³-hybridized carbons (Fsp3) is 0.545. The molecule has 1 aromatic rings. The van der Waals surface area contributed by atoms with E-state index in [4.69, 9.17) is 4.74 Å². The first-order valence-corrected chi connectivity index (χ1v) is 5.88. The number of aryl methyl sites for hydroxylation is 2. The van der Waals surface area contributed by atoms with Gasteiger partial charge in [-0.15, -0.1) is 11.3 Å². The van der Waals surface area contributed by atoms with Crippen molar-refractivity contribution >= 4 is 17.2 Å². The summed E-state index contributed by atoms with van der Waals surface area (Å²) in [5, 5.41) is 12.1. The van der Waals surface area contributed by atoms with Gasteiger partial charge in [-0.3, -0.25) is 4.79 Å². The maximum absolute atomic E-state index is 11.7. The number of amides is 1. The summed E-state index contributed by atoms with van der Waals surface area (Å²) in [6, 6.07) is 1.86. The highest BCUT2D eigenvalue weighted by Gasteiger charge is 2.13. The third kappa shape index (κ3) is 3.59. The number of hydrogen-bond donors (Lipinski definition) is 2. The Morgan fingerprint density at radius 3 is 2.81 bits per heavy atom. The van der Waals surface area contributed by atoms with Crippen molar-refractivity contribution < 1.29 is 14.6 Å². The Labute approximate surface area is 99.2 Å². The molecule has 0 aromatic carbocycles. The molecule has 5 heteroatoms. The van der Waals surface area contributed by atoms with E-state index >= 15 is 0 Å². The van der Waals surface area contributed by atoms with E-state index in [1.807, 2.05) is 19.9 Å². The highest BCUT2D eigenvalue weighted by molar-refractivity contribution is 7.12. The summed E-state index contributed by atoms with van der Waals surface area (Å²) in [7, 11) is 1.51. The van der Waals surface area contributed by atoms with E-state index < -0.39 is 6.10 Å². The molecule has 4 nitrogen and oxygen atoms in total. The number of nitrogens with one attached hydrogen (secondary N) is 1. The summed E-state index contributed by atoms with van der Waals surface area (Å²) in [6.45, 7) is 4.31. The Bertz CT molecular complexity index is 362. The molecule has 0 saturated heterocycles. The largest absolute Gasteiger partial charge is 0.389 e. The number of rotatable bonds is 5. The van der Waals surface area contributed by atoms with E-state index in [2.05, 4.69) is 5.32 Å². The number of carbonyl (C=O) groups excluding carboxylic acids is 1. The van der Waals surface area contributed by atoms with Crippen LogP contribution in [-0.2, 0) is 4.74 Å². The van der Waals surface area contributed by atoms with Crippen LogP contribution in [0.2, 0.25) is 0 Å². The topological polar surface area (TPSA) is 58.6 Å². The van der Waals surface area contributed by atoms with Crippen molar-refractivity contribution in [3.05, 3.63) is 21.4 Å². The van der Waals surface area contributed by atoms with E-state index in [0.29, 0.717) is 5.56 Å². The van der Waals surface area contributed by atoms with E-state index in [9.17, 15) is 9.90 Å². The summed E-state index contributed by atoms with van der Waals surface area (Å²) in [4.78, 5) is 13.8. The van der Waals surface area contributed by atoms with Gasteiger partial charge in [-0.2, -0.15) is 0 Å². The van der Waals surface area contributed by atoms with Gasteiger partial charge in [0.2, 0.25) is 0 Å². The summed E-state index contributed by atoms with van der Waals surface area (Å²) in [6.07, 6.45) is -0.658. The van der Waals surface area contributed by atoms with Crippen molar-refractivity contribution in [2.45, 2.75) is 20.0 Å². The molecule has 2 N–H and O–H groups in total. The van der Waals surface area contributed by atoms with Crippen LogP contribution >= 0.6 is 11.3 Å². The van der Waals surface area contributed by atoms with Gasteiger partial charge in [0.25, 0.3) is 5.91 Å². The summed E-state index contributed by atoms with van der Waals surface area (Å²) in [5.74, 6) is -0.142. The smallest absolute Gasteiger partial charge is 0.252 e. The molecular formula is C11H17NO3S. The van der Waals surface area contributed by atoms with Crippen molar-refractivity contribution in [2.75, 3.05) is 20.3 Å². The van der Waals surface area contributed by atoms with Crippen LogP contribution in [0.5, 0.6) is 0 Å². The molecule has 1 unspecified atom stereocenters. The third-order valence-corrected chi connectivity index (χ3v) is 3.11. The van der Waals surface area contributed by atoms with Crippen molar-refractivity contribution in [2.24, 2.45) is 0 Å². The highest BCUT2D eigenvalue weighted by Crippen LogP contribution is 2.20. The molecule has 1 rings (SSSR count). The normalized spacial score (nSPS) is 12.5. The van der Waals surface area contributed by atoms with E-state index in [0.717, 1.165) is 9.75 Å². The first-order valence-electron chi connectivity index (χ1n) is 5.06. The van der Waals surface area contributed by atoms with Gasteiger partial charge >= 0.3 is 0 Å². The number of methoxy groups -OCH3 is 1. The number of aliphatic hydroxyl groups is 1. The Morgan fingerprint density at radius 1 is 1.62 bits per heavy atom. The minimum absolute atomic E-state index is 0.142. The number of hydrogen-bond acceptors (Lipinski definition) is 4. The second-order valence-corrected chi connectivity index (χ2v) is 5.11. The average molecular weight is 243 g/mol. The molecule has 0 fully saturated rings. The number of ether oxygens (including phenoxy) is 1. The van der Waals surface area contributed by atoms with Crippen LogP contribution in [0.25, 0.3) is 0 Å². The van der Waals surface area contributed by atoms with Crippen LogP contribution in [0, 0.1) is 13.8 Å². The van der Waals surface area contributed by atoms with Crippen LogP contribution < -0.4 is 5.32 Å². The van der Waals surface area contributed by atoms with Gasteiger partial charge in [0.15, 0.2) is 0 Å². The lowest BCUT2D eigenvalue weighted by Crippen LogP contribution is -2.34. The fourth-order valence-electron chi connectivity index (χ4n) is 1.41.